The number of hydrogen-bond acceptors (Lipinski definition) is 8. The normalized spacial score (nSPS) is 17.1. The van der Waals surface area contributed by atoms with Gasteiger partial charge in [0.1, 0.15) is 0 Å². The van der Waals surface area contributed by atoms with Crippen molar-refractivity contribution >= 4 is 21.8 Å². The van der Waals surface area contributed by atoms with Crippen molar-refractivity contribution in [3.8, 4) is 17.5 Å². The van der Waals surface area contributed by atoms with Crippen LogP contribution in [0, 0.1) is 11.3 Å². The minimum atomic E-state index is -3.59. The van der Waals surface area contributed by atoms with E-state index >= 15 is 0 Å². The highest BCUT2D eigenvalue weighted by atomic mass is 32.2. The van der Waals surface area contributed by atoms with E-state index in [0.29, 0.717) is 31.9 Å². The van der Waals surface area contributed by atoms with Crippen molar-refractivity contribution in [2.24, 2.45) is 0 Å². The predicted molar refractivity (Wildman–Crippen MR) is 90.2 cm³/mol. The number of thioether (sulfide) groups is 1. The summed E-state index contributed by atoms with van der Waals surface area (Å²) in [6, 6.07) is 8.46. The first-order valence-electron chi connectivity index (χ1n) is 7.59. The van der Waals surface area contributed by atoms with Crippen LogP contribution in [0.4, 0.5) is 0 Å². The molecule has 1 saturated heterocycles. The zero-order valence-electron chi connectivity index (χ0n) is 13.5. The Kier molecular flexibility index (Phi) is 5.39. The van der Waals surface area contributed by atoms with E-state index < -0.39 is 10.0 Å². The lowest BCUT2D eigenvalue weighted by molar-refractivity contribution is 0.0730. The monoisotopic (exact) mass is 380 g/mol. The summed E-state index contributed by atoms with van der Waals surface area (Å²) in [4.78, 5) is 0.171. The lowest BCUT2D eigenvalue weighted by Gasteiger charge is -2.26. The second kappa shape index (κ2) is 7.53. The Bertz CT molecular complexity index is 885. The van der Waals surface area contributed by atoms with Crippen LogP contribution < -0.4 is 0 Å². The summed E-state index contributed by atoms with van der Waals surface area (Å²) < 4.78 is 37.6. The van der Waals surface area contributed by atoms with Gasteiger partial charge in [0, 0.05) is 18.7 Å². The Balaban J connectivity index is 1.85. The fourth-order valence-corrected chi connectivity index (χ4v) is 4.30. The first-order valence-corrected chi connectivity index (χ1v) is 9.91. The number of sulfonamides is 1. The number of benzene rings is 1. The lowest BCUT2D eigenvalue weighted by atomic mass is 10.2. The second-order valence-corrected chi connectivity index (χ2v) is 8.54. The maximum atomic E-state index is 12.7. The molecule has 0 aliphatic carbocycles. The van der Waals surface area contributed by atoms with Crippen LogP contribution in [0.3, 0.4) is 0 Å². The molecule has 0 amide bonds. The van der Waals surface area contributed by atoms with Gasteiger partial charge in [-0.1, -0.05) is 6.07 Å². The Labute approximate surface area is 149 Å². The highest BCUT2D eigenvalue weighted by Gasteiger charge is 2.27. The van der Waals surface area contributed by atoms with Gasteiger partial charge < -0.3 is 9.15 Å². The average molecular weight is 380 g/mol. The maximum Gasteiger partial charge on any atom is 0.278 e. The van der Waals surface area contributed by atoms with Gasteiger partial charge in [-0.15, -0.1) is 10.2 Å². The van der Waals surface area contributed by atoms with Gasteiger partial charge in [-0.05, 0) is 36.9 Å². The highest BCUT2D eigenvalue weighted by molar-refractivity contribution is 7.99. The third-order valence-corrected chi connectivity index (χ3v) is 6.27. The number of nitriles is 1. The van der Waals surface area contributed by atoms with Gasteiger partial charge in [0.15, 0.2) is 0 Å². The molecule has 0 spiro atoms. The molecule has 132 valence electrons. The molecule has 2 aromatic rings. The molecule has 0 radical (unpaired) electrons. The number of morpholine rings is 1. The number of aromatic nitrogens is 2. The molecule has 1 aliphatic heterocycles. The Morgan fingerprint density at radius 3 is 2.80 bits per heavy atom. The maximum absolute atomic E-state index is 12.7. The van der Waals surface area contributed by atoms with Gasteiger partial charge in [0.05, 0.1) is 29.4 Å². The Hall–Kier alpha value is -1.93. The summed E-state index contributed by atoms with van der Waals surface area (Å²) >= 11 is 1.15. The largest absolute Gasteiger partial charge is 0.411 e. The zero-order chi connectivity index (χ0) is 17.9. The molecule has 1 aliphatic rings. The summed E-state index contributed by atoms with van der Waals surface area (Å²) in [6.07, 6.45) is 0. The summed E-state index contributed by atoms with van der Waals surface area (Å²) in [5.74, 6) is 0.215. The molecule has 0 saturated carbocycles. The second-order valence-electron chi connectivity index (χ2n) is 5.31. The van der Waals surface area contributed by atoms with Crippen LogP contribution >= 0.6 is 11.8 Å². The van der Waals surface area contributed by atoms with Crippen LogP contribution in [-0.2, 0) is 14.8 Å². The Morgan fingerprint density at radius 2 is 2.08 bits per heavy atom. The van der Waals surface area contributed by atoms with Crippen LogP contribution in [0.15, 0.2) is 38.8 Å². The summed E-state index contributed by atoms with van der Waals surface area (Å²) in [6.45, 7) is 3.17. The number of rotatable bonds is 5. The molecule has 1 aromatic heterocycles. The Morgan fingerprint density at radius 1 is 1.32 bits per heavy atom. The smallest absolute Gasteiger partial charge is 0.278 e. The van der Waals surface area contributed by atoms with Crippen molar-refractivity contribution in [1.82, 2.24) is 14.5 Å². The molecule has 1 atom stereocenters. The first-order chi connectivity index (χ1) is 12.0. The molecule has 1 fully saturated rings. The zero-order valence-corrected chi connectivity index (χ0v) is 15.1. The van der Waals surface area contributed by atoms with Crippen molar-refractivity contribution in [2.45, 2.75) is 22.3 Å². The topological polar surface area (TPSA) is 109 Å². The minimum Gasteiger partial charge on any atom is -0.411 e. The molecular weight excluding hydrogens is 364 g/mol. The van der Waals surface area contributed by atoms with Gasteiger partial charge in [-0.25, -0.2) is 8.42 Å². The van der Waals surface area contributed by atoms with E-state index in [1.165, 1.54) is 16.4 Å². The average Bonchev–Trinajstić information content (AvgIpc) is 3.11. The van der Waals surface area contributed by atoms with Crippen LogP contribution in [0.2, 0.25) is 0 Å². The van der Waals surface area contributed by atoms with Gasteiger partial charge in [0.25, 0.3) is 5.22 Å². The van der Waals surface area contributed by atoms with E-state index in [1.807, 2.05) is 0 Å². The molecule has 10 heteroatoms. The SMILES string of the molecule is C[C@H](C#N)Sc1nnc(-c2cccc(S(=O)(=O)N3CCOCC3)c2)o1. The van der Waals surface area contributed by atoms with Crippen LogP contribution in [-0.4, -0.2) is 54.5 Å². The summed E-state index contributed by atoms with van der Waals surface area (Å²) in [5, 5.41) is 16.6. The lowest BCUT2D eigenvalue weighted by Crippen LogP contribution is -2.40. The molecule has 8 nitrogen and oxygen atoms in total. The molecule has 25 heavy (non-hydrogen) atoms. The molecular formula is C15H16N4O4S2. The van der Waals surface area contributed by atoms with E-state index in [4.69, 9.17) is 14.4 Å². The molecule has 0 bridgehead atoms. The number of hydrogen-bond donors (Lipinski definition) is 0. The minimum absolute atomic E-state index is 0.171. The van der Waals surface area contributed by atoms with Gasteiger partial charge in [-0.2, -0.15) is 9.57 Å². The number of nitrogens with zero attached hydrogens (tertiary/aromatic N) is 4. The van der Waals surface area contributed by atoms with Crippen molar-refractivity contribution in [3.05, 3.63) is 24.3 Å². The van der Waals surface area contributed by atoms with Crippen molar-refractivity contribution in [1.29, 1.82) is 5.26 Å². The highest BCUT2D eigenvalue weighted by Crippen LogP contribution is 2.28. The van der Waals surface area contributed by atoms with Gasteiger partial charge in [0.2, 0.25) is 15.9 Å². The van der Waals surface area contributed by atoms with E-state index in [9.17, 15) is 8.42 Å². The van der Waals surface area contributed by atoms with Crippen LogP contribution in [0.5, 0.6) is 0 Å². The fraction of sp³-hybridized carbons (Fsp3) is 0.400. The fourth-order valence-electron chi connectivity index (χ4n) is 2.28. The van der Waals surface area contributed by atoms with E-state index in [0.717, 1.165) is 11.8 Å². The van der Waals surface area contributed by atoms with E-state index in [-0.39, 0.29) is 21.3 Å². The molecule has 0 unspecified atom stereocenters. The third-order valence-electron chi connectivity index (χ3n) is 3.55. The van der Waals surface area contributed by atoms with Crippen LogP contribution in [0.1, 0.15) is 6.92 Å². The summed E-state index contributed by atoms with van der Waals surface area (Å²) in [5.41, 5.74) is 0.512. The van der Waals surface area contributed by atoms with E-state index in [1.54, 1.807) is 19.1 Å². The van der Waals surface area contributed by atoms with Crippen molar-refractivity contribution in [3.63, 3.8) is 0 Å². The quantitative estimate of drug-likeness (QED) is 0.722. The standard InChI is InChI=1S/C15H16N4O4S2/c1-11(10-16)24-15-18-17-14(23-15)12-3-2-4-13(9-12)25(20,21)19-5-7-22-8-6-19/h2-4,9,11H,5-8H2,1H3/t11-/m1/s1. The first kappa shape index (κ1) is 17.9. The predicted octanol–water partition coefficient (Wildman–Crippen LogP) is 1.76. The van der Waals surface area contributed by atoms with Crippen molar-refractivity contribution in [2.75, 3.05) is 26.3 Å². The van der Waals surface area contributed by atoms with Crippen LogP contribution in [0.25, 0.3) is 11.5 Å². The van der Waals surface area contributed by atoms with Gasteiger partial charge in [-0.3, -0.25) is 0 Å². The van der Waals surface area contributed by atoms with Crippen molar-refractivity contribution < 1.29 is 17.6 Å². The molecule has 0 N–H and O–H groups in total. The molecule has 2 heterocycles. The molecule has 3 rings (SSSR count). The van der Waals surface area contributed by atoms with E-state index in [2.05, 4.69) is 16.3 Å². The van der Waals surface area contributed by atoms with Gasteiger partial charge >= 0.3 is 0 Å². The summed E-state index contributed by atoms with van der Waals surface area (Å²) in [7, 11) is -3.59. The molecule has 1 aromatic carbocycles. The number of ether oxygens (including phenoxy) is 1. The third kappa shape index (κ3) is 4.01.